The van der Waals surface area contributed by atoms with E-state index in [1.54, 1.807) is 0 Å². The zero-order valence-electron chi connectivity index (χ0n) is 24.7. The second-order valence-corrected chi connectivity index (χ2v) is 13.2. The first-order valence-corrected chi connectivity index (χ1v) is 16.5. The Morgan fingerprint density at radius 2 is 1.72 bits per heavy atom. The summed E-state index contributed by atoms with van der Waals surface area (Å²) in [4.78, 5) is 0. The molecule has 1 saturated carbocycles. The van der Waals surface area contributed by atoms with E-state index in [0.717, 1.165) is 31.1 Å². The fourth-order valence-corrected chi connectivity index (χ4v) is 9.15. The van der Waals surface area contributed by atoms with Gasteiger partial charge in [-0.15, -0.1) is 0 Å². The van der Waals surface area contributed by atoms with Crippen molar-refractivity contribution in [3.8, 4) is 0 Å². The summed E-state index contributed by atoms with van der Waals surface area (Å²) in [6, 6.07) is 18.8. The van der Waals surface area contributed by atoms with Gasteiger partial charge in [-0.3, -0.25) is 0 Å². The van der Waals surface area contributed by atoms with E-state index in [2.05, 4.69) is 115 Å². The monoisotopic (exact) mass is 558 g/mol. The SMILES string of the molecule is C1=CC2=C(c3cccc(C4CCCC5C=CC=CC54)c3)c3ccccc3C(C3=c4oc5c(c4=CCC3)C=CCC5)C2C=C1. The van der Waals surface area contributed by atoms with E-state index >= 15 is 0 Å². The third kappa shape index (κ3) is 4.04. The van der Waals surface area contributed by atoms with Gasteiger partial charge in [-0.2, -0.15) is 0 Å². The average Bonchev–Trinajstić information content (AvgIpc) is 3.46. The minimum atomic E-state index is 0.279. The van der Waals surface area contributed by atoms with Crippen molar-refractivity contribution in [3.63, 3.8) is 0 Å². The molecule has 1 aromatic heterocycles. The number of rotatable bonds is 3. The number of allylic oxidation sites excluding steroid dienone is 10. The van der Waals surface area contributed by atoms with Crippen molar-refractivity contribution in [2.24, 2.45) is 17.8 Å². The number of benzene rings is 2. The predicted octanol–water partition coefficient (Wildman–Crippen LogP) is 8.93. The highest BCUT2D eigenvalue weighted by molar-refractivity contribution is 5.90. The Hall–Kier alpha value is -4.10. The van der Waals surface area contributed by atoms with Gasteiger partial charge in [-0.1, -0.05) is 122 Å². The second-order valence-electron chi connectivity index (χ2n) is 13.2. The summed E-state index contributed by atoms with van der Waals surface area (Å²) in [7, 11) is 0. The molecule has 1 nitrogen and oxygen atoms in total. The molecule has 2 aromatic carbocycles. The zero-order valence-corrected chi connectivity index (χ0v) is 24.7. The first-order chi connectivity index (χ1) is 21.3. The van der Waals surface area contributed by atoms with Crippen LogP contribution in [0.4, 0.5) is 0 Å². The van der Waals surface area contributed by atoms with Gasteiger partial charge in [0, 0.05) is 29.0 Å². The minimum absolute atomic E-state index is 0.279. The van der Waals surface area contributed by atoms with Gasteiger partial charge in [0.05, 0.1) is 0 Å². The normalized spacial score (nSPS) is 28.1. The van der Waals surface area contributed by atoms with E-state index in [9.17, 15) is 0 Å². The largest absolute Gasteiger partial charge is 0.460 e. The number of hydrogen-bond acceptors (Lipinski definition) is 1. The van der Waals surface area contributed by atoms with E-state index in [1.165, 1.54) is 74.8 Å². The van der Waals surface area contributed by atoms with Gasteiger partial charge >= 0.3 is 0 Å². The van der Waals surface area contributed by atoms with Crippen molar-refractivity contribution < 1.29 is 4.42 Å². The standard InChI is InChI=1S/C42H38O/c1-2-16-30-27(12-1)13-10-22-31(30)28-14-9-15-29(26-28)40-33-18-3-5-20-35(33)41(36-21-6-4-19-34(36)40)38-24-11-23-37-32-17-7-8-25-39(32)43-42(37)38/h1-7,9,12,14-21,23,26-27,30-31,35,41H,8,10-11,13,22,24-25H2. The molecule has 1 heteroatoms. The number of furan rings is 1. The summed E-state index contributed by atoms with van der Waals surface area (Å²) >= 11 is 0. The van der Waals surface area contributed by atoms with Crippen molar-refractivity contribution in [1.82, 2.24) is 0 Å². The molecule has 0 radical (unpaired) electrons. The molecule has 5 atom stereocenters. The molecule has 212 valence electrons. The van der Waals surface area contributed by atoms with Gasteiger partial charge in [0.15, 0.2) is 0 Å². The molecule has 6 aliphatic carbocycles. The average molecular weight is 559 g/mol. The maximum atomic E-state index is 6.74. The summed E-state index contributed by atoms with van der Waals surface area (Å²) in [6.45, 7) is 0. The molecule has 0 bridgehead atoms. The van der Waals surface area contributed by atoms with Crippen LogP contribution >= 0.6 is 0 Å². The third-order valence-electron chi connectivity index (χ3n) is 11.0. The Kier molecular flexibility index (Phi) is 6.06. The van der Waals surface area contributed by atoms with Crippen molar-refractivity contribution in [1.29, 1.82) is 0 Å². The minimum Gasteiger partial charge on any atom is -0.460 e. The molecule has 3 aromatic rings. The van der Waals surface area contributed by atoms with Crippen LogP contribution < -0.4 is 10.6 Å². The van der Waals surface area contributed by atoms with E-state index in [-0.39, 0.29) is 5.92 Å². The van der Waals surface area contributed by atoms with Gasteiger partial charge < -0.3 is 4.42 Å². The predicted molar refractivity (Wildman–Crippen MR) is 178 cm³/mol. The smallest absolute Gasteiger partial charge is 0.134 e. The molecule has 1 fully saturated rings. The Bertz CT molecular complexity index is 1930. The molecule has 0 spiro atoms. The highest BCUT2D eigenvalue weighted by Gasteiger charge is 2.38. The van der Waals surface area contributed by atoms with Crippen LogP contribution in [0.3, 0.4) is 0 Å². The van der Waals surface area contributed by atoms with Crippen LogP contribution in [0.1, 0.15) is 83.9 Å². The molecular formula is C42H38O. The van der Waals surface area contributed by atoms with Crippen LogP contribution in [0.25, 0.3) is 23.3 Å². The highest BCUT2D eigenvalue weighted by atomic mass is 16.3. The molecule has 0 saturated heterocycles. The fraction of sp³-hybridized carbons (Fsp3) is 0.286. The second kappa shape index (κ2) is 10.3. The molecular weight excluding hydrogens is 520 g/mol. The zero-order chi connectivity index (χ0) is 28.3. The summed E-state index contributed by atoms with van der Waals surface area (Å²) in [6.07, 6.45) is 33.9. The third-order valence-corrected chi connectivity index (χ3v) is 11.0. The maximum Gasteiger partial charge on any atom is 0.134 e. The van der Waals surface area contributed by atoms with E-state index in [1.807, 2.05) is 0 Å². The van der Waals surface area contributed by atoms with Crippen LogP contribution in [-0.4, -0.2) is 0 Å². The van der Waals surface area contributed by atoms with Crippen LogP contribution in [0.15, 0.2) is 113 Å². The molecule has 43 heavy (non-hydrogen) atoms. The first kappa shape index (κ1) is 25.4. The summed E-state index contributed by atoms with van der Waals surface area (Å²) in [5, 5.41) is 1.33. The lowest BCUT2D eigenvalue weighted by molar-refractivity contribution is 0.290. The van der Waals surface area contributed by atoms with Crippen molar-refractivity contribution in [2.45, 2.75) is 56.8 Å². The van der Waals surface area contributed by atoms with Gasteiger partial charge in [0.1, 0.15) is 11.2 Å². The lowest BCUT2D eigenvalue weighted by Gasteiger charge is -2.39. The van der Waals surface area contributed by atoms with Crippen molar-refractivity contribution >= 4 is 23.3 Å². The van der Waals surface area contributed by atoms with Crippen LogP contribution in [-0.2, 0) is 6.42 Å². The molecule has 0 aliphatic heterocycles. The summed E-state index contributed by atoms with van der Waals surface area (Å²) in [5.41, 5.74) is 12.5. The highest BCUT2D eigenvalue weighted by Crippen LogP contribution is 2.52. The van der Waals surface area contributed by atoms with Gasteiger partial charge in [-0.05, 0) is 88.8 Å². The number of hydrogen-bond donors (Lipinski definition) is 0. The fourth-order valence-electron chi connectivity index (χ4n) is 9.15. The number of fused-ring (bicyclic) bond motifs is 6. The Morgan fingerprint density at radius 1 is 0.791 bits per heavy atom. The summed E-state index contributed by atoms with van der Waals surface area (Å²) in [5.74, 6) is 3.62. The molecule has 1 heterocycles. The molecule has 9 rings (SSSR count). The molecule has 6 aliphatic rings. The lowest BCUT2D eigenvalue weighted by Crippen LogP contribution is -2.33. The molecule has 0 N–H and O–H groups in total. The van der Waals surface area contributed by atoms with Crippen molar-refractivity contribution in [2.75, 3.05) is 0 Å². The van der Waals surface area contributed by atoms with Crippen LogP contribution in [0.2, 0.25) is 0 Å². The lowest BCUT2D eigenvalue weighted by atomic mass is 9.65. The Labute approximate surface area is 254 Å². The van der Waals surface area contributed by atoms with Crippen molar-refractivity contribution in [3.05, 3.63) is 153 Å². The van der Waals surface area contributed by atoms with Gasteiger partial charge in [-0.25, -0.2) is 0 Å². The van der Waals surface area contributed by atoms with E-state index in [0.29, 0.717) is 23.7 Å². The Balaban J connectivity index is 1.21. The first-order valence-electron chi connectivity index (χ1n) is 16.5. The molecule has 0 amide bonds. The van der Waals surface area contributed by atoms with Crippen LogP contribution in [0.5, 0.6) is 0 Å². The van der Waals surface area contributed by atoms with Gasteiger partial charge in [0.25, 0.3) is 0 Å². The maximum absolute atomic E-state index is 6.74. The molecule has 5 unspecified atom stereocenters. The quantitative estimate of drug-likeness (QED) is 0.313. The number of aryl methyl sites for hydroxylation is 1. The Morgan fingerprint density at radius 3 is 2.72 bits per heavy atom. The topological polar surface area (TPSA) is 13.1 Å². The van der Waals surface area contributed by atoms with E-state index in [4.69, 9.17) is 4.42 Å². The summed E-state index contributed by atoms with van der Waals surface area (Å²) < 4.78 is 6.74. The van der Waals surface area contributed by atoms with Crippen LogP contribution in [0, 0.1) is 17.8 Å². The van der Waals surface area contributed by atoms with Gasteiger partial charge in [0.2, 0.25) is 0 Å². The van der Waals surface area contributed by atoms with E-state index < -0.39 is 0 Å².